The van der Waals surface area contributed by atoms with Gasteiger partial charge in [-0.3, -0.25) is 14.5 Å². The second-order valence-corrected chi connectivity index (χ2v) is 9.82. The molecule has 0 saturated carbocycles. The molecule has 3 aromatic rings. The lowest BCUT2D eigenvalue weighted by Gasteiger charge is -2.27. The van der Waals surface area contributed by atoms with Gasteiger partial charge in [0.15, 0.2) is 5.76 Å². The third-order valence-electron chi connectivity index (χ3n) is 6.37. The van der Waals surface area contributed by atoms with Crippen molar-refractivity contribution in [3.05, 3.63) is 81.0 Å². The molecule has 1 unspecified atom stereocenters. The van der Waals surface area contributed by atoms with Crippen LogP contribution in [-0.2, 0) is 4.79 Å². The van der Waals surface area contributed by atoms with Gasteiger partial charge in [-0.15, -0.1) is 11.3 Å². The van der Waals surface area contributed by atoms with E-state index >= 15 is 0 Å². The summed E-state index contributed by atoms with van der Waals surface area (Å²) in [7, 11) is 0. The van der Waals surface area contributed by atoms with E-state index in [2.05, 4.69) is 9.88 Å². The molecule has 2 aromatic carbocycles. The molecule has 1 fully saturated rings. The van der Waals surface area contributed by atoms with Gasteiger partial charge in [-0.1, -0.05) is 12.1 Å². The second kappa shape index (κ2) is 8.61. The summed E-state index contributed by atoms with van der Waals surface area (Å²) in [6.45, 7) is 5.57. The average molecular weight is 476 g/mol. The Labute approximate surface area is 201 Å². The summed E-state index contributed by atoms with van der Waals surface area (Å²) >= 11 is 1.24. The molecule has 2 aliphatic rings. The van der Waals surface area contributed by atoms with Gasteiger partial charge in [-0.25, -0.2) is 4.98 Å². The molecule has 5 rings (SSSR count). The zero-order valence-corrected chi connectivity index (χ0v) is 19.8. The fraction of sp³-hybridized carbons (Fsp3) is 0.269. The fourth-order valence-corrected chi connectivity index (χ4v) is 5.61. The number of aliphatic hydroxyl groups excluding tert-OH is 1. The Morgan fingerprint density at radius 1 is 0.971 bits per heavy atom. The third kappa shape index (κ3) is 3.74. The Morgan fingerprint density at radius 3 is 2.18 bits per heavy atom. The lowest BCUT2D eigenvalue weighted by molar-refractivity contribution is -0.117. The average Bonchev–Trinajstić information content (AvgIpc) is 3.54. The fourth-order valence-electron chi connectivity index (χ4n) is 4.74. The van der Waals surface area contributed by atoms with Crippen molar-refractivity contribution in [3.8, 4) is 5.75 Å². The zero-order chi connectivity index (χ0) is 24.0. The highest BCUT2D eigenvalue weighted by Crippen LogP contribution is 2.43. The summed E-state index contributed by atoms with van der Waals surface area (Å²) < 4.78 is 0. The summed E-state index contributed by atoms with van der Waals surface area (Å²) in [5.74, 6) is -1.53. The first-order chi connectivity index (χ1) is 16.3. The smallest absolute Gasteiger partial charge is 0.294 e. The number of hydrogen-bond acceptors (Lipinski definition) is 7. The van der Waals surface area contributed by atoms with Crippen molar-refractivity contribution in [1.29, 1.82) is 0 Å². The SMILES string of the molecule is Cc1nc(C)c(C(=O)C2=C(O)C(=O)N(c3ccc(N4CCCC4)cc3)C2c2ccc(O)cc2)s1. The van der Waals surface area contributed by atoms with Crippen molar-refractivity contribution in [2.24, 2.45) is 0 Å². The number of aliphatic hydroxyl groups is 1. The summed E-state index contributed by atoms with van der Waals surface area (Å²) in [6, 6.07) is 13.1. The Hall–Kier alpha value is -3.65. The number of Topliss-reactive ketones (excluding diaryl/α,β-unsaturated/α-hetero) is 1. The molecule has 0 bridgehead atoms. The Morgan fingerprint density at radius 2 is 1.59 bits per heavy atom. The maximum atomic E-state index is 13.6. The van der Waals surface area contributed by atoms with Gasteiger partial charge in [0.1, 0.15) is 5.75 Å². The van der Waals surface area contributed by atoms with E-state index < -0.39 is 23.5 Å². The van der Waals surface area contributed by atoms with Gasteiger partial charge in [-0.05, 0) is 68.7 Å². The largest absolute Gasteiger partial charge is 0.508 e. The van der Waals surface area contributed by atoms with Crippen molar-refractivity contribution in [2.75, 3.05) is 22.9 Å². The van der Waals surface area contributed by atoms with Gasteiger partial charge < -0.3 is 15.1 Å². The molecule has 0 radical (unpaired) electrons. The molecule has 0 aliphatic carbocycles. The first-order valence-corrected chi connectivity index (χ1v) is 12.1. The molecule has 34 heavy (non-hydrogen) atoms. The predicted molar refractivity (Wildman–Crippen MR) is 132 cm³/mol. The van der Waals surface area contributed by atoms with Gasteiger partial charge in [0, 0.05) is 24.5 Å². The third-order valence-corrected chi connectivity index (χ3v) is 7.44. The molecule has 174 valence electrons. The highest BCUT2D eigenvalue weighted by molar-refractivity contribution is 7.14. The highest BCUT2D eigenvalue weighted by atomic mass is 32.1. The minimum absolute atomic E-state index is 0.0195. The number of carbonyl (C=O) groups is 2. The van der Waals surface area contributed by atoms with Gasteiger partial charge in [0.2, 0.25) is 5.78 Å². The molecule has 0 spiro atoms. The number of anilines is 2. The number of phenols is 1. The molecular formula is C26H25N3O4S. The minimum atomic E-state index is -0.833. The molecule has 3 heterocycles. The normalized spacial score (nSPS) is 18.3. The number of hydrogen-bond donors (Lipinski definition) is 2. The Kier molecular flexibility index (Phi) is 5.61. The van der Waals surface area contributed by atoms with E-state index in [-0.39, 0.29) is 11.3 Å². The van der Waals surface area contributed by atoms with Crippen LogP contribution < -0.4 is 9.80 Å². The highest BCUT2D eigenvalue weighted by Gasteiger charge is 2.45. The van der Waals surface area contributed by atoms with Crippen molar-refractivity contribution < 1.29 is 19.8 Å². The molecule has 7 nitrogen and oxygen atoms in total. The van der Waals surface area contributed by atoms with E-state index in [0.29, 0.717) is 21.8 Å². The number of ketones is 1. The molecular weight excluding hydrogens is 450 g/mol. The van der Waals surface area contributed by atoms with Gasteiger partial charge in [0.05, 0.1) is 27.2 Å². The zero-order valence-electron chi connectivity index (χ0n) is 19.0. The molecule has 1 aromatic heterocycles. The number of rotatable bonds is 5. The van der Waals surface area contributed by atoms with Crippen molar-refractivity contribution >= 4 is 34.4 Å². The topological polar surface area (TPSA) is 94.0 Å². The number of nitrogens with zero attached hydrogens (tertiary/aromatic N) is 3. The van der Waals surface area contributed by atoms with Crippen molar-refractivity contribution in [3.63, 3.8) is 0 Å². The molecule has 1 saturated heterocycles. The lowest BCUT2D eigenvalue weighted by Crippen LogP contribution is -2.31. The van der Waals surface area contributed by atoms with E-state index in [1.807, 2.05) is 31.2 Å². The van der Waals surface area contributed by atoms with E-state index in [0.717, 1.165) is 36.6 Å². The predicted octanol–water partition coefficient (Wildman–Crippen LogP) is 4.85. The van der Waals surface area contributed by atoms with Crippen LogP contribution in [0.4, 0.5) is 11.4 Å². The van der Waals surface area contributed by atoms with Gasteiger partial charge in [0.25, 0.3) is 5.91 Å². The number of carbonyl (C=O) groups excluding carboxylic acids is 2. The summed E-state index contributed by atoms with van der Waals surface area (Å²) in [6.07, 6.45) is 2.32. The quantitative estimate of drug-likeness (QED) is 0.513. The summed E-state index contributed by atoms with van der Waals surface area (Å²) in [4.78, 5) is 35.4. The van der Waals surface area contributed by atoms with Crippen molar-refractivity contribution in [1.82, 2.24) is 4.98 Å². The number of aromatic nitrogens is 1. The maximum Gasteiger partial charge on any atom is 0.294 e. The number of benzene rings is 2. The van der Waals surface area contributed by atoms with E-state index in [9.17, 15) is 19.8 Å². The number of phenolic OH excluding ortho intramolecular Hbond substituents is 1. The number of thiazole rings is 1. The first-order valence-electron chi connectivity index (χ1n) is 11.2. The molecule has 2 aliphatic heterocycles. The van der Waals surface area contributed by atoms with Crippen LogP contribution >= 0.6 is 11.3 Å². The van der Waals surface area contributed by atoms with Crippen LogP contribution in [-0.4, -0.2) is 40.0 Å². The van der Waals surface area contributed by atoms with Crippen molar-refractivity contribution in [2.45, 2.75) is 32.7 Å². The Balaban J connectivity index is 1.59. The number of amides is 1. The van der Waals surface area contributed by atoms with Crippen LogP contribution in [0.25, 0.3) is 0 Å². The lowest BCUT2D eigenvalue weighted by atomic mass is 9.94. The van der Waals surface area contributed by atoms with Crippen LogP contribution in [0.3, 0.4) is 0 Å². The molecule has 2 N–H and O–H groups in total. The molecule has 1 amide bonds. The summed E-state index contributed by atoms with van der Waals surface area (Å²) in [5.41, 5.74) is 2.86. The number of aromatic hydroxyl groups is 1. The van der Waals surface area contributed by atoms with E-state index in [4.69, 9.17) is 0 Å². The standard InChI is InChI=1S/C26H25N3O4S/c1-15-25(34-16(2)27-15)23(31)21-22(17-5-11-20(30)12-6-17)29(26(33)24(21)32)19-9-7-18(8-10-19)28-13-3-4-14-28/h5-12,22,30,32H,3-4,13-14H2,1-2H3. The van der Waals surface area contributed by atoms with Crippen LogP contribution in [0.2, 0.25) is 0 Å². The van der Waals surface area contributed by atoms with Gasteiger partial charge >= 0.3 is 0 Å². The van der Waals surface area contributed by atoms with Crippen LogP contribution in [0.1, 0.15) is 44.8 Å². The monoisotopic (exact) mass is 475 g/mol. The second-order valence-electron chi connectivity index (χ2n) is 8.62. The molecule has 1 atom stereocenters. The maximum absolute atomic E-state index is 13.6. The number of aryl methyl sites for hydroxylation is 2. The Bertz CT molecular complexity index is 1290. The minimum Gasteiger partial charge on any atom is -0.508 e. The molecule has 8 heteroatoms. The van der Waals surface area contributed by atoms with E-state index in [1.165, 1.54) is 28.4 Å². The van der Waals surface area contributed by atoms with Gasteiger partial charge in [-0.2, -0.15) is 0 Å². The van der Waals surface area contributed by atoms with Crippen LogP contribution in [0.5, 0.6) is 5.75 Å². The van der Waals surface area contributed by atoms with Crippen LogP contribution in [0, 0.1) is 13.8 Å². The first kappa shape index (κ1) is 22.2. The summed E-state index contributed by atoms with van der Waals surface area (Å²) in [5, 5.41) is 21.5. The van der Waals surface area contributed by atoms with Crippen LogP contribution in [0.15, 0.2) is 59.9 Å². The van der Waals surface area contributed by atoms with E-state index in [1.54, 1.807) is 19.1 Å².